The Morgan fingerprint density at radius 2 is 1.91 bits per heavy atom. The van der Waals surface area contributed by atoms with Crippen LogP contribution in [0.3, 0.4) is 0 Å². The summed E-state index contributed by atoms with van der Waals surface area (Å²) >= 11 is 0. The van der Waals surface area contributed by atoms with Crippen LogP contribution in [0.2, 0.25) is 0 Å². The van der Waals surface area contributed by atoms with Gasteiger partial charge in [-0.25, -0.2) is 0 Å². The number of carbonyl (C=O) groups excluding carboxylic acids is 1. The molecule has 0 atom stereocenters. The van der Waals surface area contributed by atoms with Gasteiger partial charge in [0.15, 0.2) is 5.78 Å². The Bertz CT molecular complexity index is 180. The summed E-state index contributed by atoms with van der Waals surface area (Å²) in [6.07, 6.45) is 0.754. The topological polar surface area (TPSA) is 43.1 Å². The van der Waals surface area contributed by atoms with Crippen LogP contribution >= 0.6 is 0 Å². The van der Waals surface area contributed by atoms with Gasteiger partial charge >= 0.3 is 0 Å². The maximum atomic E-state index is 11.3. The molecule has 0 radical (unpaired) electrons. The minimum Gasteiger partial charge on any atom is -0.402 e. The zero-order chi connectivity index (χ0) is 9.02. The molecule has 2 heteroatoms. The minimum absolute atomic E-state index is 0.0556. The lowest BCUT2D eigenvalue weighted by Crippen LogP contribution is -2.13. The average Bonchev–Trinajstić information content (AvgIpc) is 2.00. The Hall–Kier alpha value is -0.790. The van der Waals surface area contributed by atoms with E-state index in [4.69, 9.17) is 5.73 Å². The molecule has 0 aromatic carbocycles. The highest BCUT2D eigenvalue weighted by Crippen LogP contribution is 2.09. The van der Waals surface area contributed by atoms with Gasteiger partial charge in [-0.15, -0.1) is 0 Å². The van der Waals surface area contributed by atoms with Crippen molar-refractivity contribution in [2.24, 2.45) is 11.7 Å². The molecule has 0 aromatic rings. The molecular weight excluding hydrogens is 138 g/mol. The summed E-state index contributed by atoms with van der Waals surface area (Å²) in [4.78, 5) is 11.3. The standard InChI is InChI=1S/C9H17NO/c1-5-8(10)7(4)9(11)6(2)3/h6H,5,10H2,1-4H3/b8-7-. The normalized spacial score (nSPS) is 13.2. The van der Waals surface area contributed by atoms with E-state index in [0.29, 0.717) is 5.70 Å². The first kappa shape index (κ1) is 10.2. The zero-order valence-corrected chi connectivity index (χ0v) is 7.77. The second kappa shape index (κ2) is 4.16. The average molecular weight is 155 g/mol. The summed E-state index contributed by atoms with van der Waals surface area (Å²) in [5.74, 6) is 0.212. The molecule has 2 N–H and O–H groups in total. The van der Waals surface area contributed by atoms with Crippen LogP contribution < -0.4 is 5.73 Å². The van der Waals surface area contributed by atoms with Crippen LogP contribution in [0.15, 0.2) is 11.3 Å². The van der Waals surface area contributed by atoms with Crippen molar-refractivity contribution in [3.05, 3.63) is 11.3 Å². The summed E-state index contributed by atoms with van der Waals surface area (Å²) < 4.78 is 0. The Kier molecular flexibility index (Phi) is 3.86. The third-order valence-electron chi connectivity index (χ3n) is 1.76. The molecule has 0 rings (SSSR count). The number of carbonyl (C=O) groups is 1. The van der Waals surface area contributed by atoms with Gasteiger partial charge in [-0.2, -0.15) is 0 Å². The summed E-state index contributed by atoms with van der Waals surface area (Å²) in [6.45, 7) is 7.51. The van der Waals surface area contributed by atoms with Crippen molar-refractivity contribution < 1.29 is 4.79 Å². The first-order valence-corrected chi connectivity index (χ1v) is 4.00. The SMILES string of the molecule is CC/C(N)=C(\C)C(=O)C(C)C. The first-order valence-electron chi connectivity index (χ1n) is 4.00. The van der Waals surface area contributed by atoms with E-state index >= 15 is 0 Å². The summed E-state index contributed by atoms with van der Waals surface area (Å²) in [5, 5.41) is 0. The second-order valence-electron chi connectivity index (χ2n) is 3.02. The largest absolute Gasteiger partial charge is 0.402 e. The predicted octanol–water partition coefficient (Wildman–Crippen LogP) is 1.85. The quantitative estimate of drug-likeness (QED) is 0.632. The van der Waals surface area contributed by atoms with Crippen LogP contribution in [0.1, 0.15) is 34.1 Å². The van der Waals surface area contributed by atoms with Gasteiger partial charge in [0, 0.05) is 17.2 Å². The van der Waals surface area contributed by atoms with E-state index in [1.165, 1.54) is 0 Å². The van der Waals surface area contributed by atoms with Gasteiger partial charge in [-0.3, -0.25) is 4.79 Å². The minimum atomic E-state index is 0.0556. The lowest BCUT2D eigenvalue weighted by atomic mass is 10.0. The molecule has 0 aliphatic carbocycles. The van der Waals surface area contributed by atoms with Gasteiger partial charge in [0.1, 0.15) is 0 Å². The van der Waals surface area contributed by atoms with Crippen molar-refractivity contribution in [3.63, 3.8) is 0 Å². The van der Waals surface area contributed by atoms with Gasteiger partial charge in [-0.1, -0.05) is 20.8 Å². The number of nitrogens with two attached hydrogens (primary N) is 1. The summed E-state index contributed by atoms with van der Waals surface area (Å²) in [6, 6.07) is 0. The van der Waals surface area contributed by atoms with Gasteiger partial charge in [-0.05, 0) is 13.3 Å². The highest BCUT2D eigenvalue weighted by Gasteiger charge is 2.11. The maximum absolute atomic E-state index is 11.3. The molecule has 0 fully saturated rings. The first-order chi connectivity index (χ1) is 5.00. The lowest BCUT2D eigenvalue weighted by Gasteiger charge is -2.06. The highest BCUT2D eigenvalue weighted by atomic mass is 16.1. The third-order valence-corrected chi connectivity index (χ3v) is 1.76. The van der Waals surface area contributed by atoms with Crippen LogP contribution in [0, 0.1) is 5.92 Å². The molecule has 0 spiro atoms. The van der Waals surface area contributed by atoms with Crippen molar-refractivity contribution in [3.8, 4) is 0 Å². The second-order valence-corrected chi connectivity index (χ2v) is 3.02. The Balaban J connectivity index is 4.47. The molecule has 0 unspecified atom stereocenters. The zero-order valence-electron chi connectivity index (χ0n) is 7.77. The van der Waals surface area contributed by atoms with Crippen molar-refractivity contribution in [2.75, 3.05) is 0 Å². The van der Waals surface area contributed by atoms with Crippen molar-refractivity contribution >= 4 is 5.78 Å². The van der Waals surface area contributed by atoms with Gasteiger partial charge in [0.25, 0.3) is 0 Å². The van der Waals surface area contributed by atoms with Crippen molar-refractivity contribution in [1.29, 1.82) is 0 Å². The van der Waals surface area contributed by atoms with E-state index in [9.17, 15) is 4.79 Å². The molecule has 0 saturated heterocycles. The van der Waals surface area contributed by atoms with Gasteiger partial charge < -0.3 is 5.73 Å². The number of hydrogen-bond donors (Lipinski definition) is 1. The van der Waals surface area contributed by atoms with Crippen LogP contribution in [0.25, 0.3) is 0 Å². The Morgan fingerprint density at radius 3 is 2.18 bits per heavy atom. The van der Waals surface area contributed by atoms with Gasteiger partial charge in [0.05, 0.1) is 0 Å². The maximum Gasteiger partial charge on any atom is 0.162 e. The molecular formula is C9H17NO. The molecule has 0 aromatic heterocycles. The molecule has 2 nitrogen and oxygen atoms in total. The van der Waals surface area contributed by atoms with Crippen molar-refractivity contribution in [2.45, 2.75) is 34.1 Å². The predicted molar refractivity (Wildman–Crippen MR) is 47.0 cm³/mol. The van der Waals surface area contributed by atoms with Crippen LogP contribution in [-0.2, 0) is 4.79 Å². The molecule has 64 valence electrons. The van der Waals surface area contributed by atoms with E-state index < -0.39 is 0 Å². The third kappa shape index (κ3) is 2.74. The molecule has 0 saturated carbocycles. The number of allylic oxidation sites excluding steroid dienone is 2. The van der Waals surface area contributed by atoms with Crippen LogP contribution in [0.4, 0.5) is 0 Å². The van der Waals surface area contributed by atoms with E-state index in [-0.39, 0.29) is 11.7 Å². The molecule has 11 heavy (non-hydrogen) atoms. The molecule has 0 aliphatic heterocycles. The number of Topliss-reactive ketones (excluding diaryl/α,β-unsaturated/α-hetero) is 1. The number of hydrogen-bond acceptors (Lipinski definition) is 2. The van der Waals surface area contributed by atoms with E-state index in [1.807, 2.05) is 20.8 Å². The molecule has 0 bridgehead atoms. The van der Waals surface area contributed by atoms with Crippen LogP contribution in [-0.4, -0.2) is 5.78 Å². The highest BCUT2D eigenvalue weighted by molar-refractivity contribution is 5.96. The monoisotopic (exact) mass is 155 g/mol. The molecule has 0 aliphatic rings. The number of ketones is 1. The lowest BCUT2D eigenvalue weighted by molar-refractivity contribution is -0.118. The fraction of sp³-hybridized carbons (Fsp3) is 0.667. The van der Waals surface area contributed by atoms with Gasteiger partial charge in [0.2, 0.25) is 0 Å². The summed E-state index contributed by atoms with van der Waals surface area (Å²) in [5.41, 5.74) is 7.05. The number of rotatable bonds is 3. The fourth-order valence-corrected chi connectivity index (χ4v) is 0.856. The molecule has 0 heterocycles. The Morgan fingerprint density at radius 1 is 1.45 bits per heavy atom. The van der Waals surface area contributed by atoms with E-state index in [1.54, 1.807) is 6.92 Å². The summed E-state index contributed by atoms with van der Waals surface area (Å²) in [7, 11) is 0. The van der Waals surface area contributed by atoms with E-state index in [2.05, 4.69) is 0 Å². The van der Waals surface area contributed by atoms with Crippen molar-refractivity contribution in [1.82, 2.24) is 0 Å². The Labute approximate surface area is 68.5 Å². The van der Waals surface area contributed by atoms with E-state index in [0.717, 1.165) is 12.0 Å². The smallest absolute Gasteiger partial charge is 0.162 e. The van der Waals surface area contributed by atoms with Crippen LogP contribution in [0.5, 0.6) is 0 Å². The fourth-order valence-electron chi connectivity index (χ4n) is 0.856. The molecule has 0 amide bonds.